The van der Waals surface area contributed by atoms with Gasteiger partial charge < -0.3 is 4.98 Å². The average molecular weight is 279 g/mol. The van der Waals surface area contributed by atoms with Gasteiger partial charge in [0.2, 0.25) is 0 Å². The van der Waals surface area contributed by atoms with Gasteiger partial charge in [-0.05, 0) is 28.9 Å². The first-order valence-corrected chi connectivity index (χ1v) is 5.48. The van der Waals surface area contributed by atoms with Gasteiger partial charge in [-0.15, -0.1) is 10.2 Å². The van der Waals surface area contributed by atoms with Crippen LogP contribution in [-0.4, -0.2) is 25.9 Å². The van der Waals surface area contributed by atoms with E-state index >= 15 is 0 Å². The number of halogens is 1. The van der Waals surface area contributed by atoms with Crippen molar-refractivity contribution in [1.29, 1.82) is 0 Å². The van der Waals surface area contributed by atoms with Gasteiger partial charge in [0.15, 0.2) is 11.9 Å². The van der Waals surface area contributed by atoms with Crippen LogP contribution in [-0.2, 0) is 0 Å². The first kappa shape index (κ1) is 9.53. The van der Waals surface area contributed by atoms with E-state index in [0.29, 0.717) is 5.69 Å². The van der Waals surface area contributed by atoms with Gasteiger partial charge >= 0.3 is 0 Å². The summed E-state index contributed by atoms with van der Waals surface area (Å²) in [6, 6.07) is 1.79. The predicted molar refractivity (Wildman–Crippen MR) is 62.7 cm³/mol. The van der Waals surface area contributed by atoms with E-state index in [4.69, 9.17) is 0 Å². The van der Waals surface area contributed by atoms with Crippen molar-refractivity contribution in [3.05, 3.63) is 28.3 Å². The summed E-state index contributed by atoms with van der Waals surface area (Å²) in [6.07, 6.45) is 2.68. The summed E-state index contributed by atoms with van der Waals surface area (Å²) in [4.78, 5) is 13.8. The van der Waals surface area contributed by atoms with Crippen molar-refractivity contribution in [2.75, 3.05) is 0 Å². The molecule has 3 aromatic rings. The molecule has 5 nitrogen and oxygen atoms in total. The molecule has 0 aliphatic rings. The Balaban J connectivity index is 2.57. The lowest BCUT2D eigenvalue weighted by Gasteiger charge is -1.98. The van der Waals surface area contributed by atoms with E-state index in [1.807, 2.05) is 17.5 Å². The topological polar surface area (TPSA) is 63.0 Å². The maximum atomic E-state index is 10.7. The number of aromatic nitrogens is 4. The van der Waals surface area contributed by atoms with E-state index in [9.17, 15) is 4.79 Å². The molecule has 0 aliphatic heterocycles. The van der Waals surface area contributed by atoms with Crippen molar-refractivity contribution in [3.63, 3.8) is 0 Å². The highest BCUT2D eigenvalue weighted by atomic mass is 79.9. The molecule has 1 N–H and O–H groups in total. The van der Waals surface area contributed by atoms with Crippen molar-refractivity contribution in [3.8, 4) is 0 Å². The Morgan fingerprint density at radius 2 is 2.31 bits per heavy atom. The van der Waals surface area contributed by atoms with E-state index in [1.54, 1.807) is 6.07 Å². The standard InChI is InChI=1S/C10H7BrN4O/c1-5-13-14-10-9-7(2-6(4-16)12-9)8(11)3-15(5)10/h2-4,12H,1H3. The Hall–Kier alpha value is -1.69. The van der Waals surface area contributed by atoms with Gasteiger partial charge in [0, 0.05) is 16.1 Å². The summed E-state index contributed by atoms with van der Waals surface area (Å²) in [5.41, 5.74) is 2.07. The number of rotatable bonds is 1. The highest BCUT2D eigenvalue weighted by molar-refractivity contribution is 9.10. The highest BCUT2D eigenvalue weighted by Crippen LogP contribution is 2.27. The molecule has 0 spiro atoms. The minimum absolute atomic E-state index is 0.532. The largest absolute Gasteiger partial charge is 0.349 e. The first-order valence-electron chi connectivity index (χ1n) is 4.68. The number of nitrogens with one attached hydrogen (secondary N) is 1. The molecule has 3 rings (SSSR count). The molecule has 0 atom stereocenters. The zero-order valence-corrected chi connectivity index (χ0v) is 9.95. The zero-order valence-electron chi connectivity index (χ0n) is 8.36. The highest BCUT2D eigenvalue weighted by Gasteiger charge is 2.11. The lowest BCUT2D eigenvalue weighted by atomic mass is 10.3. The molecule has 16 heavy (non-hydrogen) atoms. The molecule has 0 radical (unpaired) electrons. The fourth-order valence-electron chi connectivity index (χ4n) is 1.78. The summed E-state index contributed by atoms with van der Waals surface area (Å²) in [7, 11) is 0. The number of carbonyl (C=O) groups excluding carboxylic acids is 1. The molecule has 3 heterocycles. The minimum atomic E-state index is 0.532. The Labute approximate surface area is 98.6 Å². The molecule has 0 saturated heterocycles. The number of fused-ring (bicyclic) bond motifs is 3. The van der Waals surface area contributed by atoms with Crippen molar-refractivity contribution in [2.24, 2.45) is 0 Å². The third-order valence-corrected chi connectivity index (χ3v) is 3.19. The summed E-state index contributed by atoms with van der Waals surface area (Å²) in [6.45, 7) is 1.88. The third-order valence-electron chi connectivity index (χ3n) is 2.56. The van der Waals surface area contributed by atoms with Crippen LogP contribution in [0.4, 0.5) is 0 Å². The summed E-state index contributed by atoms with van der Waals surface area (Å²) >= 11 is 3.47. The molecular weight excluding hydrogens is 272 g/mol. The number of carbonyl (C=O) groups is 1. The lowest BCUT2D eigenvalue weighted by Crippen LogP contribution is -1.89. The molecule has 0 bridgehead atoms. The fourth-order valence-corrected chi connectivity index (χ4v) is 2.30. The molecule has 6 heteroatoms. The smallest absolute Gasteiger partial charge is 0.185 e. The number of hydrogen-bond donors (Lipinski definition) is 1. The number of H-pyrrole nitrogens is 1. The van der Waals surface area contributed by atoms with Gasteiger partial charge in [-0.2, -0.15) is 0 Å². The number of nitrogens with zero attached hydrogens (tertiary/aromatic N) is 3. The Morgan fingerprint density at radius 1 is 1.50 bits per heavy atom. The second-order valence-electron chi connectivity index (χ2n) is 3.55. The van der Waals surface area contributed by atoms with E-state index in [0.717, 1.165) is 33.1 Å². The minimum Gasteiger partial charge on any atom is -0.349 e. The van der Waals surface area contributed by atoms with Crippen LogP contribution in [0.5, 0.6) is 0 Å². The van der Waals surface area contributed by atoms with Gasteiger partial charge in [0.25, 0.3) is 0 Å². The third kappa shape index (κ3) is 1.13. The molecule has 3 aromatic heterocycles. The molecule has 0 aromatic carbocycles. The van der Waals surface area contributed by atoms with Gasteiger partial charge in [0.05, 0.1) is 11.2 Å². The van der Waals surface area contributed by atoms with Gasteiger partial charge in [0.1, 0.15) is 5.82 Å². The van der Waals surface area contributed by atoms with Crippen LogP contribution < -0.4 is 0 Å². The fraction of sp³-hybridized carbons (Fsp3) is 0.100. The quantitative estimate of drug-likeness (QED) is 0.694. The Kier molecular flexibility index (Phi) is 1.88. The average Bonchev–Trinajstić information content (AvgIpc) is 2.84. The SMILES string of the molecule is Cc1nnc2c3[nH]c(C=O)cc3c(Br)cn12. The number of aldehydes is 1. The summed E-state index contributed by atoms with van der Waals surface area (Å²) < 4.78 is 2.78. The van der Waals surface area contributed by atoms with Gasteiger partial charge in [-0.3, -0.25) is 9.20 Å². The van der Waals surface area contributed by atoms with Crippen LogP contribution in [0.1, 0.15) is 16.3 Å². The first-order chi connectivity index (χ1) is 7.70. The van der Waals surface area contributed by atoms with Gasteiger partial charge in [-0.25, -0.2) is 0 Å². The van der Waals surface area contributed by atoms with Crippen molar-refractivity contribution in [2.45, 2.75) is 6.92 Å². The molecular formula is C10H7BrN4O. The van der Waals surface area contributed by atoms with Crippen LogP contribution in [0, 0.1) is 6.92 Å². The van der Waals surface area contributed by atoms with Crippen LogP contribution in [0.15, 0.2) is 16.7 Å². The summed E-state index contributed by atoms with van der Waals surface area (Å²) in [5, 5.41) is 9.02. The van der Waals surface area contributed by atoms with Crippen molar-refractivity contribution >= 4 is 38.8 Å². The second kappa shape index (κ2) is 3.15. The van der Waals surface area contributed by atoms with Crippen LogP contribution in [0.25, 0.3) is 16.6 Å². The maximum absolute atomic E-state index is 10.7. The maximum Gasteiger partial charge on any atom is 0.185 e. The monoisotopic (exact) mass is 278 g/mol. The Morgan fingerprint density at radius 3 is 3.06 bits per heavy atom. The van der Waals surface area contributed by atoms with E-state index < -0.39 is 0 Å². The molecule has 0 aliphatic carbocycles. The number of aromatic amines is 1. The van der Waals surface area contributed by atoms with Crippen LogP contribution >= 0.6 is 15.9 Å². The number of aryl methyl sites for hydroxylation is 1. The van der Waals surface area contributed by atoms with Gasteiger partial charge in [-0.1, -0.05) is 0 Å². The van der Waals surface area contributed by atoms with Crippen molar-refractivity contribution < 1.29 is 4.79 Å². The molecule has 80 valence electrons. The van der Waals surface area contributed by atoms with E-state index in [-0.39, 0.29) is 0 Å². The van der Waals surface area contributed by atoms with Crippen LogP contribution in [0.3, 0.4) is 0 Å². The molecule has 0 unspecified atom stereocenters. The molecule has 0 amide bonds. The van der Waals surface area contributed by atoms with Crippen LogP contribution in [0.2, 0.25) is 0 Å². The number of hydrogen-bond acceptors (Lipinski definition) is 3. The second-order valence-corrected chi connectivity index (χ2v) is 4.40. The molecule has 0 fully saturated rings. The predicted octanol–water partition coefficient (Wildman–Crippen LogP) is 2.09. The summed E-state index contributed by atoms with van der Waals surface area (Å²) in [5.74, 6) is 0.805. The Bertz CT molecular complexity index is 712. The zero-order chi connectivity index (χ0) is 11.3. The normalized spacial score (nSPS) is 11.4. The van der Waals surface area contributed by atoms with Crippen molar-refractivity contribution in [1.82, 2.24) is 19.6 Å². The van der Waals surface area contributed by atoms with E-state index in [1.165, 1.54) is 0 Å². The molecule has 0 saturated carbocycles. The van der Waals surface area contributed by atoms with E-state index in [2.05, 4.69) is 31.1 Å². The number of pyridine rings is 1. The lowest BCUT2D eigenvalue weighted by molar-refractivity contribution is 0.112.